The molecule has 1 aliphatic rings. The molecule has 1 fully saturated rings. The van der Waals surface area contributed by atoms with Crippen LogP contribution in [-0.4, -0.2) is 38.8 Å². The molecule has 6 nitrogen and oxygen atoms in total. The second-order valence-corrected chi connectivity index (χ2v) is 9.74. The van der Waals surface area contributed by atoms with Crippen molar-refractivity contribution in [1.82, 2.24) is 4.31 Å². The fourth-order valence-electron chi connectivity index (χ4n) is 2.97. The first-order valence-corrected chi connectivity index (χ1v) is 10.7. The first-order chi connectivity index (χ1) is 12.4. The van der Waals surface area contributed by atoms with Gasteiger partial charge in [-0.1, -0.05) is 0 Å². The Hall–Kier alpha value is -1.90. The summed E-state index contributed by atoms with van der Waals surface area (Å²) in [5, 5.41) is 2.87. The van der Waals surface area contributed by atoms with Gasteiger partial charge in [-0.2, -0.15) is 4.31 Å². The normalized spacial score (nSPS) is 18.5. The Bertz CT molecular complexity index is 875. The molecule has 1 aliphatic heterocycles. The van der Waals surface area contributed by atoms with Crippen LogP contribution in [0.3, 0.4) is 0 Å². The number of amides is 1. The molecule has 1 atom stereocenters. The summed E-state index contributed by atoms with van der Waals surface area (Å²) in [5.74, 6) is 0.197. The summed E-state index contributed by atoms with van der Waals surface area (Å²) in [5.41, 5.74) is 0.671. The van der Waals surface area contributed by atoms with Gasteiger partial charge in [-0.25, -0.2) is 8.42 Å². The second kappa shape index (κ2) is 7.77. The number of piperidine rings is 1. The van der Waals surface area contributed by atoms with E-state index in [0.717, 1.165) is 4.88 Å². The maximum absolute atomic E-state index is 12.8. The van der Waals surface area contributed by atoms with Crippen LogP contribution in [0.25, 0.3) is 0 Å². The van der Waals surface area contributed by atoms with E-state index in [0.29, 0.717) is 35.0 Å². The van der Waals surface area contributed by atoms with Crippen LogP contribution in [0.15, 0.2) is 40.6 Å². The molecule has 140 valence electrons. The number of anilines is 1. The third kappa shape index (κ3) is 4.08. The molecule has 0 radical (unpaired) electrons. The molecule has 1 N–H and O–H groups in total. The van der Waals surface area contributed by atoms with Gasteiger partial charge in [-0.05, 0) is 56.2 Å². The molecule has 2 aromatic rings. The van der Waals surface area contributed by atoms with Gasteiger partial charge in [0.2, 0.25) is 5.91 Å². The molecular formula is C18H22N2O4S2. The fraction of sp³-hybridized carbons (Fsp3) is 0.389. The van der Waals surface area contributed by atoms with Crippen molar-refractivity contribution in [2.24, 2.45) is 5.92 Å². The highest BCUT2D eigenvalue weighted by atomic mass is 32.2. The van der Waals surface area contributed by atoms with E-state index in [1.807, 2.05) is 6.92 Å². The van der Waals surface area contributed by atoms with Crippen molar-refractivity contribution in [3.63, 3.8) is 0 Å². The van der Waals surface area contributed by atoms with Crippen molar-refractivity contribution in [2.45, 2.75) is 24.0 Å². The van der Waals surface area contributed by atoms with Crippen LogP contribution in [-0.2, 0) is 14.8 Å². The lowest BCUT2D eigenvalue weighted by Gasteiger charge is -2.30. The topological polar surface area (TPSA) is 75.7 Å². The number of ether oxygens (including phenoxy) is 1. The maximum atomic E-state index is 12.8. The Labute approximate surface area is 157 Å². The van der Waals surface area contributed by atoms with Crippen molar-refractivity contribution >= 4 is 33.0 Å². The predicted molar refractivity (Wildman–Crippen MR) is 102 cm³/mol. The number of carbonyl (C=O) groups is 1. The van der Waals surface area contributed by atoms with E-state index in [4.69, 9.17) is 4.74 Å². The molecule has 1 aromatic carbocycles. The Kier molecular flexibility index (Phi) is 5.64. The van der Waals surface area contributed by atoms with Crippen molar-refractivity contribution in [1.29, 1.82) is 0 Å². The Morgan fingerprint density at radius 3 is 2.58 bits per heavy atom. The summed E-state index contributed by atoms with van der Waals surface area (Å²) in [6, 6.07) is 10.5. The van der Waals surface area contributed by atoms with E-state index in [-0.39, 0.29) is 18.4 Å². The van der Waals surface area contributed by atoms with Crippen LogP contribution >= 0.6 is 11.3 Å². The summed E-state index contributed by atoms with van der Waals surface area (Å²) in [4.78, 5) is 13.5. The number of thiophene rings is 1. The minimum Gasteiger partial charge on any atom is -0.497 e. The lowest BCUT2D eigenvalue weighted by Crippen LogP contribution is -2.43. The van der Waals surface area contributed by atoms with Crippen molar-refractivity contribution in [2.75, 3.05) is 25.5 Å². The lowest BCUT2D eigenvalue weighted by molar-refractivity contribution is -0.120. The van der Waals surface area contributed by atoms with Gasteiger partial charge in [0.15, 0.2) is 0 Å². The van der Waals surface area contributed by atoms with Crippen molar-refractivity contribution in [3.05, 3.63) is 41.3 Å². The number of aryl methyl sites for hydroxylation is 1. The average molecular weight is 395 g/mol. The van der Waals surface area contributed by atoms with Crippen LogP contribution in [0.2, 0.25) is 0 Å². The number of sulfonamides is 1. The number of hydrogen-bond donors (Lipinski definition) is 1. The fourth-order valence-corrected chi connectivity index (χ4v) is 5.93. The van der Waals surface area contributed by atoms with Crippen LogP contribution in [0.4, 0.5) is 5.69 Å². The van der Waals surface area contributed by atoms with Crippen LogP contribution in [0, 0.1) is 12.8 Å². The highest BCUT2D eigenvalue weighted by Crippen LogP contribution is 2.28. The van der Waals surface area contributed by atoms with Gasteiger partial charge in [0.25, 0.3) is 10.0 Å². The van der Waals surface area contributed by atoms with E-state index in [1.54, 1.807) is 43.5 Å². The maximum Gasteiger partial charge on any atom is 0.252 e. The molecule has 1 amide bonds. The van der Waals surface area contributed by atoms with Gasteiger partial charge < -0.3 is 10.1 Å². The first-order valence-electron chi connectivity index (χ1n) is 8.41. The molecule has 0 bridgehead atoms. The summed E-state index contributed by atoms with van der Waals surface area (Å²) in [6.07, 6.45) is 1.35. The molecule has 0 unspecified atom stereocenters. The monoisotopic (exact) mass is 394 g/mol. The molecule has 0 saturated carbocycles. The average Bonchev–Trinajstić information content (AvgIpc) is 3.10. The third-order valence-corrected chi connectivity index (χ3v) is 7.76. The molecule has 0 aliphatic carbocycles. The minimum atomic E-state index is -3.53. The highest BCUT2D eigenvalue weighted by Gasteiger charge is 2.34. The summed E-state index contributed by atoms with van der Waals surface area (Å²) in [6.45, 7) is 2.54. The van der Waals surface area contributed by atoms with Crippen molar-refractivity contribution < 1.29 is 17.9 Å². The van der Waals surface area contributed by atoms with Gasteiger partial charge >= 0.3 is 0 Å². The molecule has 1 saturated heterocycles. The molecule has 0 spiro atoms. The SMILES string of the molecule is COc1ccc(NC(=O)[C@H]2CCCN(S(=O)(=O)c3ccc(C)s3)C2)cc1. The molecule has 26 heavy (non-hydrogen) atoms. The summed E-state index contributed by atoms with van der Waals surface area (Å²) < 4.78 is 32.4. The third-order valence-electron chi connectivity index (χ3n) is 4.42. The largest absolute Gasteiger partial charge is 0.497 e. The number of methoxy groups -OCH3 is 1. The van der Waals surface area contributed by atoms with E-state index in [2.05, 4.69) is 5.32 Å². The van der Waals surface area contributed by atoms with Crippen LogP contribution in [0.5, 0.6) is 5.75 Å². The van der Waals surface area contributed by atoms with Gasteiger partial charge in [0.05, 0.1) is 13.0 Å². The number of carbonyl (C=O) groups excluding carboxylic acids is 1. The van der Waals surface area contributed by atoms with Crippen LogP contribution < -0.4 is 10.1 Å². The number of benzene rings is 1. The van der Waals surface area contributed by atoms with Crippen molar-refractivity contribution in [3.8, 4) is 5.75 Å². The number of hydrogen-bond acceptors (Lipinski definition) is 5. The van der Waals surface area contributed by atoms with Gasteiger partial charge in [-0.3, -0.25) is 4.79 Å². The van der Waals surface area contributed by atoms with E-state index < -0.39 is 10.0 Å². The smallest absolute Gasteiger partial charge is 0.252 e. The Morgan fingerprint density at radius 1 is 1.23 bits per heavy atom. The first kappa shape index (κ1) is 18.9. The van der Waals surface area contributed by atoms with Gasteiger partial charge in [0.1, 0.15) is 9.96 Å². The van der Waals surface area contributed by atoms with Crippen LogP contribution in [0.1, 0.15) is 17.7 Å². The zero-order valence-electron chi connectivity index (χ0n) is 14.8. The molecular weight excluding hydrogens is 372 g/mol. The van der Waals surface area contributed by atoms with Gasteiger partial charge in [-0.15, -0.1) is 11.3 Å². The Morgan fingerprint density at radius 2 is 1.96 bits per heavy atom. The summed E-state index contributed by atoms with van der Waals surface area (Å²) in [7, 11) is -1.95. The minimum absolute atomic E-state index is 0.155. The second-order valence-electron chi connectivity index (χ2n) is 6.29. The lowest BCUT2D eigenvalue weighted by atomic mass is 9.99. The highest BCUT2D eigenvalue weighted by molar-refractivity contribution is 7.91. The van der Waals surface area contributed by atoms with E-state index >= 15 is 0 Å². The standard InChI is InChI=1S/C18H22N2O4S2/c1-13-5-10-17(25-13)26(22,23)20-11-3-4-14(12-20)18(21)19-15-6-8-16(24-2)9-7-15/h5-10,14H,3-4,11-12H2,1-2H3,(H,19,21)/t14-/m0/s1. The van der Waals surface area contributed by atoms with E-state index in [9.17, 15) is 13.2 Å². The zero-order chi connectivity index (χ0) is 18.7. The predicted octanol–water partition coefficient (Wildman–Crippen LogP) is 3.10. The molecule has 8 heteroatoms. The number of nitrogens with zero attached hydrogens (tertiary/aromatic N) is 1. The molecule has 2 heterocycles. The number of nitrogens with one attached hydrogen (secondary N) is 1. The quantitative estimate of drug-likeness (QED) is 0.845. The van der Waals surface area contributed by atoms with Gasteiger partial charge in [0, 0.05) is 23.7 Å². The zero-order valence-corrected chi connectivity index (χ0v) is 16.4. The summed E-state index contributed by atoms with van der Waals surface area (Å²) >= 11 is 1.26. The van der Waals surface area contributed by atoms with E-state index in [1.165, 1.54) is 15.6 Å². The molecule has 3 rings (SSSR count). The number of rotatable bonds is 5. The molecule has 1 aromatic heterocycles. The Balaban J connectivity index is 1.68.